The molecular weight excluding hydrogens is 279 g/mol. The number of aromatic nitrogens is 1. The van der Waals surface area contributed by atoms with Gasteiger partial charge in [-0.3, -0.25) is 4.98 Å². The number of pyridine rings is 1. The Bertz CT molecular complexity index is 529. The van der Waals surface area contributed by atoms with Crippen molar-refractivity contribution < 1.29 is 0 Å². The summed E-state index contributed by atoms with van der Waals surface area (Å²) in [5.41, 5.74) is 2.17. The smallest absolute Gasteiger partial charge is 0.0595 e. The number of halogens is 2. The molecule has 19 heavy (non-hydrogen) atoms. The predicted molar refractivity (Wildman–Crippen MR) is 80.6 cm³/mol. The first-order chi connectivity index (χ1) is 9.20. The SMILES string of the molecule is CCC(NCc1ccccn1)c1ccc(Cl)c(Cl)c1. The van der Waals surface area contributed by atoms with Crippen molar-refractivity contribution in [3.63, 3.8) is 0 Å². The van der Waals surface area contributed by atoms with Crippen LogP contribution >= 0.6 is 23.2 Å². The molecule has 0 saturated carbocycles. The standard InChI is InChI=1S/C15H16Cl2N2/c1-2-15(11-6-7-13(16)14(17)9-11)19-10-12-5-3-4-8-18-12/h3-9,15,19H,2,10H2,1H3. The minimum absolute atomic E-state index is 0.247. The normalized spacial score (nSPS) is 12.4. The molecule has 0 spiro atoms. The molecular formula is C15H16Cl2N2. The third kappa shape index (κ3) is 3.93. The highest BCUT2D eigenvalue weighted by Crippen LogP contribution is 2.26. The van der Waals surface area contributed by atoms with Gasteiger partial charge in [0.25, 0.3) is 0 Å². The molecule has 0 saturated heterocycles. The second kappa shape index (κ2) is 6.90. The Morgan fingerprint density at radius 1 is 1.16 bits per heavy atom. The number of rotatable bonds is 5. The van der Waals surface area contributed by atoms with E-state index >= 15 is 0 Å². The van der Waals surface area contributed by atoms with E-state index < -0.39 is 0 Å². The molecule has 1 heterocycles. The molecule has 1 unspecified atom stereocenters. The summed E-state index contributed by atoms with van der Waals surface area (Å²) in [6.07, 6.45) is 2.78. The van der Waals surface area contributed by atoms with Crippen LogP contribution in [0.2, 0.25) is 10.0 Å². The molecule has 1 aromatic carbocycles. The van der Waals surface area contributed by atoms with Crippen molar-refractivity contribution in [3.05, 3.63) is 63.9 Å². The van der Waals surface area contributed by atoms with Gasteiger partial charge in [-0.05, 0) is 36.2 Å². The second-order valence-electron chi connectivity index (χ2n) is 4.34. The van der Waals surface area contributed by atoms with E-state index in [2.05, 4.69) is 17.2 Å². The first-order valence-electron chi connectivity index (χ1n) is 6.29. The summed E-state index contributed by atoms with van der Waals surface area (Å²) in [5.74, 6) is 0. The molecule has 0 aliphatic carbocycles. The average Bonchev–Trinajstić information content (AvgIpc) is 2.44. The van der Waals surface area contributed by atoms with E-state index in [0.29, 0.717) is 10.0 Å². The fraction of sp³-hybridized carbons (Fsp3) is 0.267. The summed E-state index contributed by atoms with van der Waals surface area (Å²) in [6.45, 7) is 2.87. The van der Waals surface area contributed by atoms with Gasteiger partial charge in [-0.25, -0.2) is 0 Å². The van der Waals surface area contributed by atoms with Gasteiger partial charge in [0, 0.05) is 18.8 Å². The van der Waals surface area contributed by atoms with E-state index in [4.69, 9.17) is 23.2 Å². The fourth-order valence-electron chi connectivity index (χ4n) is 1.96. The summed E-state index contributed by atoms with van der Waals surface area (Å²) in [5, 5.41) is 4.67. The summed E-state index contributed by atoms with van der Waals surface area (Å²) < 4.78 is 0. The Morgan fingerprint density at radius 2 is 2.00 bits per heavy atom. The summed E-state index contributed by atoms with van der Waals surface area (Å²) in [6, 6.07) is 11.9. The zero-order chi connectivity index (χ0) is 13.7. The topological polar surface area (TPSA) is 24.9 Å². The van der Waals surface area contributed by atoms with Crippen LogP contribution < -0.4 is 5.32 Å². The Hall–Kier alpha value is -1.09. The Morgan fingerprint density at radius 3 is 2.63 bits per heavy atom. The van der Waals surface area contributed by atoms with Crippen LogP contribution in [0.4, 0.5) is 0 Å². The van der Waals surface area contributed by atoms with Crippen molar-refractivity contribution in [3.8, 4) is 0 Å². The first-order valence-corrected chi connectivity index (χ1v) is 7.04. The van der Waals surface area contributed by atoms with Gasteiger partial charge in [-0.1, -0.05) is 42.3 Å². The van der Waals surface area contributed by atoms with Gasteiger partial charge in [0.15, 0.2) is 0 Å². The van der Waals surface area contributed by atoms with Crippen LogP contribution in [0.3, 0.4) is 0 Å². The summed E-state index contributed by atoms with van der Waals surface area (Å²) in [7, 11) is 0. The number of nitrogens with one attached hydrogen (secondary N) is 1. The molecule has 0 radical (unpaired) electrons. The van der Waals surface area contributed by atoms with Crippen LogP contribution in [0.1, 0.15) is 30.6 Å². The van der Waals surface area contributed by atoms with Crippen molar-refractivity contribution in [1.82, 2.24) is 10.3 Å². The van der Waals surface area contributed by atoms with Gasteiger partial charge in [-0.15, -0.1) is 0 Å². The molecule has 4 heteroatoms. The average molecular weight is 295 g/mol. The van der Waals surface area contributed by atoms with Crippen molar-refractivity contribution >= 4 is 23.2 Å². The van der Waals surface area contributed by atoms with E-state index in [0.717, 1.165) is 24.2 Å². The van der Waals surface area contributed by atoms with Gasteiger partial charge in [-0.2, -0.15) is 0 Å². The quantitative estimate of drug-likeness (QED) is 0.870. The molecule has 0 fully saturated rings. The highest BCUT2D eigenvalue weighted by atomic mass is 35.5. The second-order valence-corrected chi connectivity index (χ2v) is 5.15. The van der Waals surface area contributed by atoms with E-state index in [1.807, 2.05) is 36.4 Å². The summed E-state index contributed by atoms with van der Waals surface area (Å²) >= 11 is 12.0. The van der Waals surface area contributed by atoms with E-state index in [1.54, 1.807) is 6.20 Å². The number of nitrogens with zero attached hydrogens (tertiary/aromatic N) is 1. The first kappa shape index (κ1) is 14.3. The molecule has 1 aromatic heterocycles. The van der Waals surface area contributed by atoms with Gasteiger partial charge in [0.2, 0.25) is 0 Å². The largest absolute Gasteiger partial charge is 0.304 e. The van der Waals surface area contributed by atoms with Gasteiger partial charge < -0.3 is 5.32 Å². The van der Waals surface area contributed by atoms with Gasteiger partial charge in [0.05, 0.1) is 15.7 Å². The van der Waals surface area contributed by atoms with Crippen LogP contribution in [0, 0.1) is 0 Å². The maximum atomic E-state index is 6.06. The van der Waals surface area contributed by atoms with Crippen LogP contribution in [0.25, 0.3) is 0 Å². The third-order valence-electron chi connectivity index (χ3n) is 3.01. The molecule has 1 N–H and O–H groups in total. The highest BCUT2D eigenvalue weighted by molar-refractivity contribution is 6.42. The lowest BCUT2D eigenvalue weighted by Gasteiger charge is -2.17. The number of benzene rings is 1. The molecule has 2 aromatic rings. The zero-order valence-corrected chi connectivity index (χ0v) is 12.2. The molecule has 2 nitrogen and oxygen atoms in total. The Balaban J connectivity index is 2.05. The van der Waals surface area contributed by atoms with Crippen molar-refractivity contribution in [2.75, 3.05) is 0 Å². The lowest BCUT2D eigenvalue weighted by Crippen LogP contribution is -2.20. The van der Waals surface area contributed by atoms with Crippen LogP contribution in [0.15, 0.2) is 42.6 Å². The number of hydrogen-bond acceptors (Lipinski definition) is 2. The molecule has 0 bridgehead atoms. The molecule has 0 aliphatic rings. The number of hydrogen-bond donors (Lipinski definition) is 1. The van der Waals surface area contributed by atoms with Crippen molar-refractivity contribution in [2.45, 2.75) is 25.9 Å². The van der Waals surface area contributed by atoms with Crippen molar-refractivity contribution in [2.24, 2.45) is 0 Å². The minimum atomic E-state index is 0.247. The molecule has 1 atom stereocenters. The van der Waals surface area contributed by atoms with Gasteiger partial charge in [0.1, 0.15) is 0 Å². The monoisotopic (exact) mass is 294 g/mol. The maximum Gasteiger partial charge on any atom is 0.0595 e. The summed E-state index contributed by atoms with van der Waals surface area (Å²) in [4.78, 5) is 4.30. The third-order valence-corrected chi connectivity index (χ3v) is 3.75. The molecule has 0 amide bonds. The minimum Gasteiger partial charge on any atom is -0.304 e. The molecule has 0 aliphatic heterocycles. The maximum absolute atomic E-state index is 6.06. The lowest BCUT2D eigenvalue weighted by molar-refractivity contribution is 0.514. The predicted octanol–water partition coefficient (Wildman–Crippen LogP) is 4.63. The van der Waals surface area contributed by atoms with Gasteiger partial charge >= 0.3 is 0 Å². The van der Waals surface area contributed by atoms with E-state index in [-0.39, 0.29) is 6.04 Å². The fourth-order valence-corrected chi connectivity index (χ4v) is 2.26. The van der Waals surface area contributed by atoms with E-state index in [9.17, 15) is 0 Å². The van der Waals surface area contributed by atoms with Crippen LogP contribution in [-0.4, -0.2) is 4.98 Å². The Kier molecular flexibility index (Phi) is 5.20. The molecule has 2 rings (SSSR count). The lowest BCUT2D eigenvalue weighted by atomic mass is 10.0. The highest BCUT2D eigenvalue weighted by Gasteiger charge is 2.10. The van der Waals surface area contributed by atoms with Crippen LogP contribution in [0.5, 0.6) is 0 Å². The van der Waals surface area contributed by atoms with Crippen molar-refractivity contribution in [1.29, 1.82) is 0 Å². The zero-order valence-electron chi connectivity index (χ0n) is 10.7. The molecule has 100 valence electrons. The Labute approximate surface area is 123 Å². The van der Waals surface area contributed by atoms with E-state index in [1.165, 1.54) is 0 Å². The van der Waals surface area contributed by atoms with Crippen LogP contribution in [-0.2, 0) is 6.54 Å².